The Morgan fingerprint density at radius 2 is 1.81 bits per heavy atom. The molecule has 3 rings (SSSR count). The third-order valence-electron chi connectivity index (χ3n) is 4.51. The molecule has 0 radical (unpaired) electrons. The van der Waals surface area contributed by atoms with E-state index in [1.54, 1.807) is 0 Å². The van der Waals surface area contributed by atoms with Crippen LogP contribution < -0.4 is 10.1 Å². The number of nitriles is 1. The van der Waals surface area contributed by atoms with Crippen LogP contribution in [0.5, 0.6) is 11.5 Å². The van der Waals surface area contributed by atoms with E-state index < -0.39 is 0 Å². The number of aromatic nitrogens is 1. The van der Waals surface area contributed by atoms with Gasteiger partial charge in [-0.15, -0.1) is 11.8 Å². The largest absolute Gasteiger partial charge is 0.457 e. The van der Waals surface area contributed by atoms with Crippen LogP contribution in [0.4, 0.5) is 5.69 Å². The third kappa shape index (κ3) is 7.16. The number of rotatable bonds is 10. The number of para-hydroxylation sites is 1. The first-order chi connectivity index (χ1) is 15.2. The van der Waals surface area contributed by atoms with Crippen molar-refractivity contribution in [1.82, 2.24) is 4.98 Å². The topological polar surface area (TPSA) is 75.0 Å². The minimum atomic E-state index is -0.0788. The van der Waals surface area contributed by atoms with Crippen LogP contribution in [0.2, 0.25) is 0 Å². The molecule has 0 unspecified atom stereocenters. The second-order valence-electron chi connectivity index (χ2n) is 6.96. The van der Waals surface area contributed by atoms with Crippen molar-refractivity contribution in [2.75, 3.05) is 11.1 Å². The fourth-order valence-corrected chi connectivity index (χ4v) is 3.80. The van der Waals surface area contributed by atoms with Gasteiger partial charge in [-0.3, -0.25) is 4.79 Å². The molecule has 0 spiro atoms. The average molecular weight is 432 g/mol. The van der Waals surface area contributed by atoms with Crippen molar-refractivity contribution in [3.05, 3.63) is 78.0 Å². The SMILES string of the molecule is CCCCc1ccc(C#N)c(SCCC(=O)Nc2ccc(Oc3ccccc3)cc2)n1. The second kappa shape index (κ2) is 11.8. The minimum absolute atomic E-state index is 0.0788. The van der Waals surface area contributed by atoms with E-state index in [-0.39, 0.29) is 5.91 Å². The monoisotopic (exact) mass is 431 g/mol. The Balaban J connectivity index is 1.48. The number of thioether (sulfide) groups is 1. The summed E-state index contributed by atoms with van der Waals surface area (Å²) in [5.74, 6) is 1.95. The van der Waals surface area contributed by atoms with E-state index in [1.807, 2.05) is 66.7 Å². The molecule has 0 fully saturated rings. The summed E-state index contributed by atoms with van der Waals surface area (Å²) < 4.78 is 5.76. The molecule has 1 aromatic heterocycles. The first-order valence-corrected chi connectivity index (χ1v) is 11.3. The van der Waals surface area contributed by atoms with Gasteiger partial charge in [-0.25, -0.2) is 4.98 Å². The summed E-state index contributed by atoms with van der Waals surface area (Å²) in [7, 11) is 0. The van der Waals surface area contributed by atoms with E-state index in [9.17, 15) is 10.1 Å². The van der Waals surface area contributed by atoms with E-state index in [0.29, 0.717) is 34.2 Å². The molecule has 0 aliphatic rings. The molecule has 31 heavy (non-hydrogen) atoms. The summed E-state index contributed by atoms with van der Waals surface area (Å²) in [5, 5.41) is 12.9. The highest BCUT2D eigenvalue weighted by molar-refractivity contribution is 7.99. The van der Waals surface area contributed by atoms with Crippen molar-refractivity contribution in [3.8, 4) is 17.6 Å². The van der Waals surface area contributed by atoms with Crippen LogP contribution >= 0.6 is 11.8 Å². The van der Waals surface area contributed by atoms with E-state index in [0.717, 1.165) is 30.7 Å². The van der Waals surface area contributed by atoms with Crippen molar-refractivity contribution in [1.29, 1.82) is 5.26 Å². The zero-order valence-electron chi connectivity index (χ0n) is 17.5. The molecular formula is C25H25N3O2S. The number of ether oxygens (including phenoxy) is 1. The predicted octanol–water partition coefficient (Wildman–Crippen LogP) is 6.21. The number of nitrogens with zero attached hydrogens (tertiary/aromatic N) is 2. The van der Waals surface area contributed by atoms with Crippen LogP contribution in [0.3, 0.4) is 0 Å². The Hall–Kier alpha value is -3.30. The maximum atomic E-state index is 12.3. The number of anilines is 1. The van der Waals surface area contributed by atoms with Gasteiger partial charge in [-0.2, -0.15) is 5.26 Å². The van der Waals surface area contributed by atoms with Gasteiger partial charge in [0.2, 0.25) is 5.91 Å². The fourth-order valence-electron chi connectivity index (χ4n) is 2.87. The zero-order chi connectivity index (χ0) is 21.9. The lowest BCUT2D eigenvalue weighted by molar-refractivity contribution is -0.115. The molecular weight excluding hydrogens is 406 g/mol. The van der Waals surface area contributed by atoms with Gasteiger partial charge in [0.1, 0.15) is 22.6 Å². The lowest BCUT2D eigenvalue weighted by atomic mass is 10.2. The molecule has 3 aromatic rings. The van der Waals surface area contributed by atoms with E-state index in [4.69, 9.17) is 4.74 Å². The van der Waals surface area contributed by atoms with Crippen molar-refractivity contribution >= 4 is 23.4 Å². The highest BCUT2D eigenvalue weighted by atomic mass is 32.2. The van der Waals surface area contributed by atoms with Gasteiger partial charge in [0.25, 0.3) is 0 Å². The van der Waals surface area contributed by atoms with Gasteiger partial charge in [-0.1, -0.05) is 31.5 Å². The molecule has 0 saturated carbocycles. The molecule has 0 aliphatic carbocycles. The van der Waals surface area contributed by atoms with Crippen molar-refractivity contribution in [2.45, 2.75) is 37.6 Å². The Bertz CT molecular complexity index is 1030. The zero-order valence-corrected chi connectivity index (χ0v) is 18.3. The Morgan fingerprint density at radius 1 is 1.06 bits per heavy atom. The Kier molecular flexibility index (Phi) is 8.50. The van der Waals surface area contributed by atoms with Crippen LogP contribution in [0.15, 0.2) is 71.8 Å². The number of carbonyl (C=O) groups is 1. The average Bonchev–Trinajstić information content (AvgIpc) is 2.80. The number of pyridine rings is 1. The van der Waals surface area contributed by atoms with E-state index >= 15 is 0 Å². The minimum Gasteiger partial charge on any atom is -0.457 e. The number of hydrogen-bond donors (Lipinski definition) is 1. The highest BCUT2D eigenvalue weighted by Gasteiger charge is 2.09. The molecule has 0 aliphatic heterocycles. The van der Waals surface area contributed by atoms with Gasteiger partial charge in [-0.05, 0) is 61.4 Å². The normalized spacial score (nSPS) is 10.3. The molecule has 158 valence electrons. The molecule has 2 aromatic carbocycles. The number of aryl methyl sites for hydroxylation is 1. The number of nitrogens with one attached hydrogen (secondary N) is 1. The maximum absolute atomic E-state index is 12.3. The van der Waals surface area contributed by atoms with Gasteiger partial charge in [0.15, 0.2) is 0 Å². The number of hydrogen-bond acceptors (Lipinski definition) is 5. The summed E-state index contributed by atoms with van der Waals surface area (Å²) in [5.41, 5.74) is 2.26. The Morgan fingerprint density at radius 3 is 2.52 bits per heavy atom. The van der Waals surface area contributed by atoms with Crippen molar-refractivity contribution in [3.63, 3.8) is 0 Å². The summed E-state index contributed by atoms with van der Waals surface area (Å²) in [6, 6.07) is 22.7. The Labute approximate surface area is 187 Å². The van der Waals surface area contributed by atoms with Crippen LogP contribution in [0, 0.1) is 11.3 Å². The number of unbranched alkanes of at least 4 members (excludes halogenated alkanes) is 1. The number of amides is 1. The summed E-state index contributed by atoms with van der Waals surface area (Å²) >= 11 is 1.45. The lowest BCUT2D eigenvalue weighted by Gasteiger charge is -2.09. The molecule has 0 saturated heterocycles. The molecule has 1 N–H and O–H groups in total. The van der Waals surface area contributed by atoms with Crippen LogP contribution in [-0.2, 0) is 11.2 Å². The maximum Gasteiger partial charge on any atom is 0.225 e. The van der Waals surface area contributed by atoms with Crippen LogP contribution in [0.25, 0.3) is 0 Å². The molecule has 1 amide bonds. The van der Waals surface area contributed by atoms with E-state index in [1.165, 1.54) is 11.8 Å². The highest BCUT2D eigenvalue weighted by Crippen LogP contribution is 2.24. The summed E-state index contributed by atoms with van der Waals surface area (Å²) in [4.78, 5) is 16.9. The first kappa shape index (κ1) is 22.4. The van der Waals surface area contributed by atoms with Crippen LogP contribution in [-0.4, -0.2) is 16.6 Å². The number of benzene rings is 2. The van der Waals surface area contributed by atoms with E-state index in [2.05, 4.69) is 23.3 Å². The first-order valence-electron chi connectivity index (χ1n) is 10.3. The molecule has 1 heterocycles. The standard InChI is InChI=1S/C25H25N3O2S/c1-2-3-7-20-11-10-19(18-26)25(28-20)31-17-16-24(29)27-21-12-14-23(15-13-21)30-22-8-5-4-6-9-22/h4-6,8-15H,2-3,7,16-17H2,1H3,(H,27,29). The van der Waals surface area contributed by atoms with Gasteiger partial charge < -0.3 is 10.1 Å². The fraction of sp³-hybridized carbons (Fsp3) is 0.240. The van der Waals surface area contributed by atoms with Gasteiger partial charge in [0, 0.05) is 23.6 Å². The van der Waals surface area contributed by atoms with Crippen LogP contribution in [0.1, 0.15) is 37.4 Å². The molecule has 0 atom stereocenters. The molecule has 0 bridgehead atoms. The summed E-state index contributed by atoms with van der Waals surface area (Å²) in [6.45, 7) is 2.14. The smallest absolute Gasteiger partial charge is 0.225 e. The van der Waals surface area contributed by atoms with Crippen molar-refractivity contribution < 1.29 is 9.53 Å². The third-order valence-corrected chi connectivity index (χ3v) is 5.50. The molecule has 5 nitrogen and oxygen atoms in total. The van der Waals surface area contributed by atoms with Gasteiger partial charge in [0.05, 0.1) is 5.56 Å². The number of carbonyl (C=O) groups excluding carboxylic acids is 1. The second-order valence-corrected chi connectivity index (χ2v) is 8.04. The molecule has 6 heteroatoms. The van der Waals surface area contributed by atoms with Gasteiger partial charge >= 0.3 is 0 Å². The summed E-state index contributed by atoms with van der Waals surface area (Å²) in [6.07, 6.45) is 3.41. The lowest BCUT2D eigenvalue weighted by Crippen LogP contribution is -2.12. The van der Waals surface area contributed by atoms with Crippen molar-refractivity contribution in [2.24, 2.45) is 0 Å². The quantitative estimate of drug-likeness (QED) is 0.386. The predicted molar refractivity (Wildman–Crippen MR) is 124 cm³/mol.